The molecule has 26 heavy (non-hydrogen) atoms. The summed E-state index contributed by atoms with van der Waals surface area (Å²) >= 11 is 0. The molecule has 3 N–H and O–H groups in total. The van der Waals surface area contributed by atoms with Crippen LogP contribution in [0.4, 0.5) is 0 Å². The maximum atomic E-state index is 12.5. The molecule has 0 radical (unpaired) electrons. The lowest BCUT2D eigenvalue weighted by Crippen LogP contribution is -2.36. The highest BCUT2D eigenvalue weighted by molar-refractivity contribution is 7.89. The molecule has 1 atom stereocenters. The van der Waals surface area contributed by atoms with Gasteiger partial charge >= 0.3 is 0 Å². The number of hydrogen-bond acceptors (Lipinski definition) is 4. The number of hydrogen-bond donors (Lipinski definition) is 3. The second-order valence-electron chi connectivity index (χ2n) is 6.00. The molecule has 2 aromatic carbocycles. The third-order valence-electron chi connectivity index (χ3n) is 4.11. The van der Waals surface area contributed by atoms with Crippen molar-refractivity contribution in [2.24, 2.45) is 0 Å². The predicted molar refractivity (Wildman–Crippen MR) is 103 cm³/mol. The molecule has 0 saturated carbocycles. The second kappa shape index (κ2) is 9.14. The Kier molecular flexibility index (Phi) is 7.16. The van der Waals surface area contributed by atoms with Gasteiger partial charge in [-0.3, -0.25) is 4.79 Å². The zero-order valence-electron chi connectivity index (χ0n) is 14.1. The number of nitrogens with one attached hydrogen (secondary N) is 3. The van der Waals surface area contributed by atoms with Gasteiger partial charge in [0, 0.05) is 24.7 Å². The summed E-state index contributed by atoms with van der Waals surface area (Å²) in [7, 11) is -3.68. The van der Waals surface area contributed by atoms with Crippen LogP contribution in [0.25, 0.3) is 0 Å². The van der Waals surface area contributed by atoms with E-state index >= 15 is 0 Å². The molecule has 1 aliphatic rings. The van der Waals surface area contributed by atoms with E-state index in [4.69, 9.17) is 0 Å². The van der Waals surface area contributed by atoms with Gasteiger partial charge in [0.25, 0.3) is 5.91 Å². The predicted octanol–water partition coefficient (Wildman–Crippen LogP) is 1.68. The maximum Gasteiger partial charge on any atom is 0.251 e. The molecule has 8 heteroatoms. The molecule has 1 fully saturated rings. The lowest BCUT2D eigenvalue weighted by molar-refractivity contribution is 0.0940. The molecule has 0 aromatic heterocycles. The van der Waals surface area contributed by atoms with Crippen LogP contribution >= 0.6 is 12.4 Å². The molecule has 0 aliphatic carbocycles. The van der Waals surface area contributed by atoms with Crippen LogP contribution in [-0.4, -0.2) is 33.5 Å². The summed E-state index contributed by atoms with van der Waals surface area (Å²) in [6.45, 7) is 1.82. The first-order chi connectivity index (χ1) is 12.0. The number of amides is 1. The summed E-state index contributed by atoms with van der Waals surface area (Å²) in [6.07, 6.45) is 0.877. The first-order valence-electron chi connectivity index (χ1n) is 8.20. The van der Waals surface area contributed by atoms with Gasteiger partial charge in [0.1, 0.15) is 0 Å². The standard InChI is InChI=1S/C18H21N3O3S.ClH/c22-18(21-16-9-10-19-13-16)15-7-4-8-17(11-15)25(23,24)20-12-14-5-2-1-3-6-14;/h1-8,11,16,19-20H,9-10,12-13H2,(H,21,22);1H. The van der Waals surface area contributed by atoms with E-state index in [1.165, 1.54) is 12.1 Å². The fraction of sp³-hybridized carbons (Fsp3) is 0.278. The molecule has 6 nitrogen and oxygen atoms in total. The minimum absolute atomic E-state index is 0. The first kappa shape index (κ1) is 20.4. The Labute approximate surface area is 159 Å². The lowest BCUT2D eigenvalue weighted by Gasteiger charge is -2.12. The van der Waals surface area contributed by atoms with E-state index in [1.54, 1.807) is 12.1 Å². The monoisotopic (exact) mass is 395 g/mol. The van der Waals surface area contributed by atoms with Gasteiger partial charge in [-0.1, -0.05) is 36.4 Å². The number of carbonyl (C=O) groups excluding carboxylic acids is 1. The van der Waals surface area contributed by atoms with Crippen LogP contribution in [0.3, 0.4) is 0 Å². The fourth-order valence-corrected chi connectivity index (χ4v) is 3.77. The number of sulfonamides is 1. The van der Waals surface area contributed by atoms with Crippen LogP contribution < -0.4 is 15.4 Å². The zero-order chi connectivity index (χ0) is 17.7. The van der Waals surface area contributed by atoms with Gasteiger partial charge in [0.2, 0.25) is 10.0 Å². The smallest absolute Gasteiger partial charge is 0.251 e. The Morgan fingerprint density at radius 2 is 1.88 bits per heavy atom. The number of rotatable bonds is 6. The van der Waals surface area contributed by atoms with Crippen molar-refractivity contribution in [3.05, 3.63) is 65.7 Å². The topological polar surface area (TPSA) is 87.3 Å². The summed E-state index contributed by atoms with van der Waals surface area (Å²) < 4.78 is 27.5. The molecule has 0 bridgehead atoms. The zero-order valence-corrected chi connectivity index (χ0v) is 15.8. The molecule has 0 spiro atoms. The van der Waals surface area contributed by atoms with Crippen molar-refractivity contribution >= 4 is 28.3 Å². The molecule has 1 amide bonds. The third-order valence-corrected chi connectivity index (χ3v) is 5.51. The fourth-order valence-electron chi connectivity index (χ4n) is 2.71. The third kappa shape index (κ3) is 5.28. The van der Waals surface area contributed by atoms with Crippen molar-refractivity contribution in [1.82, 2.24) is 15.4 Å². The molecule has 1 aliphatic heterocycles. The Hall–Kier alpha value is -1.93. The van der Waals surface area contributed by atoms with Crippen LogP contribution in [-0.2, 0) is 16.6 Å². The van der Waals surface area contributed by atoms with Crippen LogP contribution in [0.15, 0.2) is 59.5 Å². The maximum absolute atomic E-state index is 12.5. The summed E-state index contributed by atoms with van der Waals surface area (Å²) in [5, 5.41) is 6.09. The van der Waals surface area contributed by atoms with Gasteiger partial charge in [0.05, 0.1) is 4.90 Å². The highest BCUT2D eigenvalue weighted by Crippen LogP contribution is 2.13. The van der Waals surface area contributed by atoms with E-state index in [2.05, 4.69) is 15.4 Å². The van der Waals surface area contributed by atoms with Crippen LogP contribution in [0.5, 0.6) is 0 Å². The number of carbonyl (C=O) groups is 1. The largest absolute Gasteiger partial charge is 0.348 e. The van der Waals surface area contributed by atoms with Gasteiger partial charge < -0.3 is 10.6 Å². The van der Waals surface area contributed by atoms with E-state index in [0.717, 1.165) is 25.1 Å². The van der Waals surface area contributed by atoms with Gasteiger partial charge in [-0.2, -0.15) is 0 Å². The summed E-state index contributed by atoms with van der Waals surface area (Å²) in [5.41, 5.74) is 1.21. The number of halogens is 1. The minimum Gasteiger partial charge on any atom is -0.348 e. The van der Waals surface area contributed by atoms with E-state index in [9.17, 15) is 13.2 Å². The Morgan fingerprint density at radius 3 is 2.58 bits per heavy atom. The van der Waals surface area contributed by atoms with Crippen molar-refractivity contribution in [3.8, 4) is 0 Å². The Balaban J connectivity index is 0.00000243. The van der Waals surface area contributed by atoms with Gasteiger partial charge in [0.15, 0.2) is 0 Å². The van der Waals surface area contributed by atoms with Gasteiger partial charge in [-0.05, 0) is 36.7 Å². The first-order valence-corrected chi connectivity index (χ1v) is 9.68. The van der Waals surface area contributed by atoms with Gasteiger partial charge in [-0.15, -0.1) is 12.4 Å². The average Bonchev–Trinajstić information content (AvgIpc) is 3.14. The molecular weight excluding hydrogens is 374 g/mol. The normalized spacial score (nSPS) is 16.7. The second-order valence-corrected chi connectivity index (χ2v) is 7.77. The van der Waals surface area contributed by atoms with Crippen LogP contribution in [0, 0.1) is 0 Å². The van der Waals surface area contributed by atoms with Crippen molar-refractivity contribution in [3.63, 3.8) is 0 Å². The number of benzene rings is 2. The molecule has 2 aromatic rings. The van der Waals surface area contributed by atoms with E-state index in [1.807, 2.05) is 30.3 Å². The molecule has 1 heterocycles. The van der Waals surface area contributed by atoms with Crippen molar-refractivity contribution in [2.45, 2.75) is 23.9 Å². The van der Waals surface area contributed by atoms with E-state index < -0.39 is 10.0 Å². The van der Waals surface area contributed by atoms with Crippen molar-refractivity contribution in [2.75, 3.05) is 13.1 Å². The summed E-state index contributed by atoms with van der Waals surface area (Å²) in [6, 6.07) is 15.5. The average molecular weight is 396 g/mol. The lowest BCUT2D eigenvalue weighted by atomic mass is 10.2. The summed E-state index contributed by atoms with van der Waals surface area (Å²) in [4.78, 5) is 12.4. The molecular formula is C18H22ClN3O3S. The van der Waals surface area contributed by atoms with E-state index in [0.29, 0.717) is 5.56 Å². The van der Waals surface area contributed by atoms with Gasteiger partial charge in [-0.25, -0.2) is 13.1 Å². The molecule has 1 saturated heterocycles. The quantitative estimate of drug-likeness (QED) is 0.694. The van der Waals surface area contributed by atoms with Crippen LogP contribution in [0.1, 0.15) is 22.3 Å². The highest BCUT2D eigenvalue weighted by atomic mass is 35.5. The minimum atomic E-state index is -3.68. The van der Waals surface area contributed by atoms with Crippen molar-refractivity contribution in [1.29, 1.82) is 0 Å². The molecule has 140 valence electrons. The van der Waals surface area contributed by atoms with Crippen molar-refractivity contribution < 1.29 is 13.2 Å². The molecule has 3 rings (SSSR count). The SMILES string of the molecule is Cl.O=C(NC1CCNC1)c1cccc(S(=O)(=O)NCc2ccccc2)c1. The Morgan fingerprint density at radius 1 is 1.12 bits per heavy atom. The summed E-state index contributed by atoms with van der Waals surface area (Å²) in [5.74, 6) is -0.256. The highest BCUT2D eigenvalue weighted by Gasteiger charge is 2.19. The van der Waals surface area contributed by atoms with Crippen LogP contribution in [0.2, 0.25) is 0 Å². The molecule has 1 unspecified atom stereocenters. The van der Waals surface area contributed by atoms with E-state index in [-0.39, 0.29) is 35.8 Å². The Bertz CT molecular complexity index is 838.